The van der Waals surface area contributed by atoms with Gasteiger partial charge in [0, 0.05) is 24.3 Å². The van der Waals surface area contributed by atoms with Crippen LogP contribution in [0.3, 0.4) is 0 Å². The molecule has 6 heteroatoms. The van der Waals surface area contributed by atoms with Gasteiger partial charge in [0.25, 0.3) is 5.91 Å². The summed E-state index contributed by atoms with van der Waals surface area (Å²) in [5, 5.41) is 2.89. The molecule has 1 amide bonds. The van der Waals surface area contributed by atoms with E-state index >= 15 is 0 Å². The average molecular weight is 389 g/mol. The van der Waals surface area contributed by atoms with Crippen molar-refractivity contribution in [3.05, 3.63) is 59.2 Å². The number of nitrogens with one attached hydrogen (secondary N) is 1. The van der Waals surface area contributed by atoms with Gasteiger partial charge in [-0.2, -0.15) is 4.31 Å². The molecule has 0 aliphatic carbocycles. The molecule has 0 fully saturated rings. The second kappa shape index (κ2) is 9.15. The molecule has 0 heterocycles. The third-order valence-electron chi connectivity index (χ3n) is 4.51. The Bertz CT molecular complexity index is 890. The van der Waals surface area contributed by atoms with Gasteiger partial charge in [-0.15, -0.1) is 0 Å². The standard InChI is InChI=1S/C21H28N2O3S/c1-5-7-14-23(6-2)27(25,26)19-12-10-18(11-13-19)21(24)22-20-15-16(3)8-9-17(20)4/h8-13,15H,5-7,14H2,1-4H3,(H,22,24). The molecule has 5 nitrogen and oxygen atoms in total. The van der Waals surface area contributed by atoms with Crippen molar-refractivity contribution in [2.24, 2.45) is 0 Å². The molecule has 1 N–H and O–H groups in total. The highest BCUT2D eigenvalue weighted by Gasteiger charge is 2.22. The fourth-order valence-electron chi connectivity index (χ4n) is 2.78. The van der Waals surface area contributed by atoms with E-state index in [2.05, 4.69) is 5.32 Å². The Balaban J connectivity index is 2.18. The Morgan fingerprint density at radius 1 is 1.04 bits per heavy atom. The van der Waals surface area contributed by atoms with E-state index in [0.29, 0.717) is 18.7 Å². The van der Waals surface area contributed by atoms with Gasteiger partial charge in [-0.25, -0.2) is 8.42 Å². The Kier molecular flexibility index (Phi) is 7.16. The largest absolute Gasteiger partial charge is 0.322 e. The van der Waals surface area contributed by atoms with Crippen LogP contribution in [0.4, 0.5) is 5.69 Å². The number of aryl methyl sites for hydroxylation is 2. The lowest BCUT2D eigenvalue weighted by molar-refractivity contribution is 0.102. The zero-order valence-electron chi connectivity index (χ0n) is 16.5. The first-order valence-corrected chi connectivity index (χ1v) is 10.7. The number of rotatable bonds is 8. The fourth-order valence-corrected chi connectivity index (χ4v) is 4.26. The maximum atomic E-state index is 12.7. The molecular formula is C21H28N2O3S. The van der Waals surface area contributed by atoms with Gasteiger partial charge in [0.1, 0.15) is 0 Å². The second-order valence-corrected chi connectivity index (χ2v) is 8.59. The molecule has 0 saturated carbocycles. The van der Waals surface area contributed by atoms with E-state index < -0.39 is 10.0 Å². The molecule has 0 aliphatic rings. The lowest BCUT2D eigenvalue weighted by Crippen LogP contribution is -2.31. The molecular weight excluding hydrogens is 360 g/mol. The Hall–Kier alpha value is -2.18. The zero-order chi connectivity index (χ0) is 20.0. The van der Waals surface area contributed by atoms with Crippen LogP contribution in [0.25, 0.3) is 0 Å². The molecule has 0 saturated heterocycles. The Labute approximate surface area is 162 Å². The first-order valence-electron chi connectivity index (χ1n) is 9.28. The molecule has 0 aromatic heterocycles. The molecule has 0 aliphatic heterocycles. The SMILES string of the molecule is CCCCN(CC)S(=O)(=O)c1ccc(C(=O)Nc2cc(C)ccc2C)cc1. The number of amides is 1. The Morgan fingerprint density at radius 2 is 1.70 bits per heavy atom. The van der Waals surface area contributed by atoms with Gasteiger partial charge < -0.3 is 5.32 Å². The summed E-state index contributed by atoms with van der Waals surface area (Å²) in [6, 6.07) is 12.0. The van der Waals surface area contributed by atoms with E-state index in [-0.39, 0.29) is 10.8 Å². The third kappa shape index (κ3) is 5.17. The van der Waals surface area contributed by atoms with Crippen LogP contribution in [0, 0.1) is 13.8 Å². The van der Waals surface area contributed by atoms with E-state index in [0.717, 1.165) is 29.7 Å². The van der Waals surface area contributed by atoms with Crippen molar-refractivity contribution in [2.45, 2.75) is 45.4 Å². The number of benzene rings is 2. The smallest absolute Gasteiger partial charge is 0.255 e. The molecule has 0 unspecified atom stereocenters. The number of hydrogen-bond donors (Lipinski definition) is 1. The van der Waals surface area contributed by atoms with Gasteiger partial charge in [0.05, 0.1) is 4.90 Å². The normalized spacial score (nSPS) is 11.6. The van der Waals surface area contributed by atoms with Gasteiger partial charge in [0.15, 0.2) is 0 Å². The van der Waals surface area contributed by atoms with E-state index in [9.17, 15) is 13.2 Å². The molecule has 2 rings (SSSR count). The third-order valence-corrected chi connectivity index (χ3v) is 6.50. The highest BCUT2D eigenvalue weighted by Crippen LogP contribution is 2.20. The topological polar surface area (TPSA) is 66.5 Å². The molecule has 0 radical (unpaired) electrons. The average Bonchev–Trinajstić information content (AvgIpc) is 2.65. The van der Waals surface area contributed by atoms with E-state index in [1.807, 2.05) is 45.9 Å². The van der Waals surface area contributed by atoms with Crippen LogP contribution in [0.5, 0.6) is 0 Å². The number of carbonyl (C=O) groups excluding carboxylic acids is 1. The number of anilines is 1. The van der Waals surface area contributed by atoms with Crippen LogP contribution >= 0.6 is 0 Å². The van der Waals surface area contributed by atoms with Crippen LogP contribution in [-0.4, -0.2) is 31.7 Å². The van der Waals surface area contributed by atoms with Crippen molar-refractivity contribution in [3.63, 3.8) is 0 Å². The summed E-state index contributed by atoms with van der Waals surface area (Å²) in [6.07, 6.45) is 1.76. The first-order chi connectivity index (χ1) is 12.8. The summed E-state index contributed by atoms with van der Waals surface area (Å²) in [4.78, 5) is 12.7. The van der Waals surface area contributed by atoms with E-state index in [1.54, 1.807) is 12.1 Å². The van der Waals surface area contributed by atoms with Crippen LogP contribution in [-0.2, 0) is 10.0 Å². The summed E-state index contributed by atoms with van der Waals surface area (Å²) in [6.45, 7) is 8.69. The maximum Gasteiger partial charge on any atom is 0.255 e. The van der Waals surface area contributed by atoms with Gasteiger partial charge in [-0.1, -0.05) is 32.4 Å². The van der Waals surface area contributed by atoms with Gasteiger partial charge in [0.2, 0.25) is 10.0 Å². The fraction of sp³-hybridized carbons (Fsp3) is 0.381. The summed E-state index contributed by atoms with van der Waals surface area (Å²) in [7, 11) is -3.54. The summed E-state index contributed by atoms with van der Waals surface area (Å²) >= 11 is 0. The van der Waals surface area contributed by atoms with Crippen molar-refractivity contribution in [3.8, 4) is 0 Å². The van der Waals surface area contributed by atoms with Crippen molar-refractivity contribution in [1.82, 2.24) is 4.31 Å². The second-order valence-electron chi connectivity index (χ2n) is 6.65. The number of sulfonamides is 1. The summed E-state index contributed by atoms with van der Waals surface area (Å²) < 4.78 is 27.0. The van der Waals surface area contributed by atoms with Gasteiger partial charge in [-0.3, -0.25) is 4.79 Å². The van der Waals surface area contributed by atoms with Crippen LogP contribution < -0.4 is 5.32 Å². The Morgan fingerprint density at radius 3 is 2.30 bits per heavy atom. The quantitative estimate of drug-likeness (QED) is 0.730. The number of carbonyl (C=O) groups is 1. The highest BCUT2D eigenvalue weighted by atomic mass is 32.2. The minimum Gasteiger partial charge on any atom is -0.322 e. The predicted octanol–water partition coefficient (Wildman–Crippen LogP) is 4.37. The first kappa shape index (κ1) is 21.1. The van der Waals surface area contributed by atoms with Crippen LogP contribution in [0.2, 0.25) is 0 Å². The molecule has 0 bridgehead atoms. The maximum absolute atomic E-state index is 12.7. The minimum absolute atomic E-state index is 0.212. The summed E-state index contributed by atoms with van der Waals surface area (Å²) in [5.74, 6) is -0.258. The lowest BCUT2D eigenvalue weighted by Gasteiger charge is -2.20. The van der Waals surface area contributed by atoms with Crippen molar-refractivity contribution < 1.29 is 13.2 Å². The molecule has 0 atom stereocenters. The number of unbranched alkanes of at least 4 members (excludes halogenated alkanes) is 1. The van der Waals surface area contributed by atoms with Crippen molar-refractivity contribution >= 4 is 21.6 Å². The summed E-state index contributed by atoms with van der Waals surface area (Å²) in [5.41, 5.74) is 3.21. The van der Waals surface area contributed by atoms with E-state index in [4.69, 9.17) is 0 Å². The zero-order valence-corrected chi connectivity index (χ0v) is 17.3. The van der Waals surface area contributed by atoms with Crippen molar-refractivity contribution in [2.75, 3.05) is 18.4 Å². The molecule has 27 heavy (non-hydrogen) atoms. The number of nitrogens with zero attached hydrogens (tertiary/aromatic N) is 1. The molecule has 0 spiro atoms. The highest BCUT2D eigenvalue weighted by molar-refractivity contribution is 7.89. The van der Waals surface area contributed by atoms with E-state index in [1.165, 1.54) is 16.4 Å². The van der Waals surface area contributed by atoms with Gasteiger partial charge >= 0.3 is 0 Å². The lowest BCUT2D eigenvalue weighted by atomic mass is 10.1. The molecule has 146 valence electrons. The molecule has 2 aromatic rings. The van der Waals surface area contributed by atoms with Crippen LogP contribution in [0.15, 0.2) is 47.4 Å². The van der Waals surface area contributed by atoms with Gasteiger partial charge in [-0.05, 0) is 61.7 Å². The minimum atomic E-state index is -3.54. The molecule has 2 aromatic carbocycles. The predicted molar refractivity (Wildman–Crippen MR) is 110 cm³/mol. The monoisotopic (exact) mass is 388 g/mol. The van der Waals surface area contributed by atoms with Crippen LogP contribution in [0.1, 0.15) is 48.2 Å². The number of hydrogen-bond acceptors (Lipinski definition) is 3. The van der Waals surface area contributed by atoms with Crippen molar-refractivity contribution in [1.29, 1.82) is 0 Å².